The molecule has 1 aliphatic heterocycles. The molecule has 2 unspecified atom stereocenters. The number of aliphatic hydroxyl groups is 1. The van der Waals surface area contributed by atoms with Crippen LogP contribution < -0.4 is 10.6 Å². The quantitative estimate of drug-likeness (QED) is 0.703. The lowest BCUT2D eigenvalue weighted by atomic mass is 10.0. The predicted octanol–water partition coefficient (Wildman–Crippen LogP) is 0.837. The highest BCUT2D eigenvalue weighted by atomic mass is 35.5. The highest BCUT2D eigenvalue weighted by molar-refractivity contribution is 5.85. The molecule has 0 aromatic rings. The fourth-order valence-electron chi connectivity index (χ4n) is 1.71. The van der Waals surface area contributed by atoms with E-state index in [1.807, 2.05) is 0 Å². The Morgan fingerprint density at radius 1 is 1.50 bits per heavy atom. The smallest absolute Gasteiger partial charge is 0.382 e. The third kappa shape index (κ3) is 6.42. The van der Waals surface area contributed by atoms with Crippen LogP contribution in [-0.4, -0.2) is 42.9 Å². The van der Waals surface area contributed by atoms with Gasteiger partial charge in [0.2, 0.25) is 5.91 Å². The van der Waals surface area contributed by atoms with Crippen molar-refractivity contribution in [1.29, 1.82) is 0 Å². The van der Waals surface area contributed by atoms with Crippen LogP contribution in [0.5, 0.6) is 0 Å². The molecule has 4 nitrogen and oxygen atoms in total. The van der Waals surface area contributed by atoms with E-state index in [1.54, 1.807) is 0 Å². The van der Waals surface area contributed by atoms with E-state index in [2.05, 4.69) is 10.6 Å². The van der Waals surface area contributed by atoms with Crippen molar-refractivity contribution in [2.45, 2.75) is 31.5 Å². The molecular weight excluding hydrogens is 273 g/mol. The highest BCUT2D eigenvalue weighted by Gasteiger charge is 2.38. The van der Waals surface area contributed by atoms with Gasteiger partial charge in [0.15, 0.2) is 6.10 Å². The number of carbonyl (C=O) groups excluding carboxylic acids is 1. The van der Waals surface area contributed by atoms with Crippen LogP contribution in [0.15, 0.2) is 0 Å². The second-order valence-electron chi connectivity index (χ2n) is 4.26. The third-order valence-electron chi connectivity index (χ3n) is 2.81. The predicted molar refractivity (Wildman–Crippen MR) is 62.5 cm³/mol. The van der Waals surface area contributed by atoms with Gasteiger partial charge in [-0.25, -0.2) is 0 Å². The molecule has 0 aliphatic carbocycles. The molecule has 0 aromatic carbocycles. The number of nitrogens with one attached hydrogen (secondary N) is 2. The van der Waals surface area contributed by atoms with Crippen LogP contribution in [0.2, 0.25) is 0 Å². The van der Waals surface area contributed by atoms with Gasteiger partial charge in [0, 0.05) is 6.42 Å². The SMILES string of the molecule is Cl.O=C(CCC1CCNC1)NCC(O)C(F)(F)F. The lowest BCUT2D eigenvalue weighted by molar-refractivity contribution is -0.201. The normalized spacial score (nSPS) is 21.2. The van der Waals surface area contributed by atoms with Crippen molar-refractivity contribution in [3.63, 3.8) is 0 Å². The third-order valence-corrected chi connectivity index (χ3v) is 2.81. The van der Waals surface area contributed by atoms with Crippen molar-refractivity contribution >= 4 is 18.3 Å². The van der Waals surface area contributed by atoms with Crippen molar-refractivity contribution in [3.05, 3.63) is 0 Å². The van der Waals surface area contributed by atoms with Gasteiger partial charge in [-0.3, -0.25) is 4.79 Å². The Balaban J connectivity index is 0.00000289. The second-order valence-corrected chi connectivity index (χ2v) is 4.26. The Morgan fingerprint density at radius 2 is 2.17 bits per heavy atom. The second kappa shape index (κ2) is 7.81. The monoisotopic (exact) mass is 290 g/mol. The fourth-order valence-corrected chi connectivity index (χ4v) is 1.71. The van der Waals surface area contributed by atoms with Gasteiger partial charge in [-0.05, 0) is 31.8 Å². The number of rotatable bonds is 5. The van der Waals surface area contributed by atoms with E-state index in [4.69, 9.17) is 5.11 Å². The molecule has 0 spiro atoms. The van der Waals surface area contributed by atoms with Crippen molar-refractivity contribution in [1.82, 2.24) is 10.6 Å². The zero-order chi connectivity index (χ0) is 12.9. The Kier molecular flexibility index (Phi) is 7.58. The Bertz CT molecular complexity index is 258. The first-order chi connectivity index (χ1) is 7.89. The summed E-state index contributed by atoms with van der Waals surface area (Å²) < 4.78 is 35.8. The van der Waals surface area contributed by atoms with Crippen molar-refractivity contribution in [3.8, 4) is 0 Å². The van der Waals surface area contributed by atoms with E-state index >= 15 is 0 Å². The molecule has 0 aromatic heterocycles. The minimum Gasteiger partial charge on any atom is -0.382 e. The van der Waals surface area contributed by atoms with Crippen LogP contribution in [0.3, 0.4) is 0 Å². The summed E-state index contributed by atoms with van der Waals surface area (Å²) in [5.74, 6) is -0.0199. The number of amides is 1. The summed E-state index contributed by atoms with van der Waals surface area (Å²) in [5.41, 5.74) is 0. The molecule has 1 saturated heterocycles. The van der Waals surface area contributed by atoms with Gasteiger partial charge in [-0.2, -0.15) is 13.2 Å². The molecule has 3 N–H and O–H groups in total. The van der Waals surface area contributed by atoms with E-state index in [0.717, 1.165) is 19.5 Å². The van der Waals surface area contributed by atoms with E-state index in [9.17, 15) is 18.0 Å². The molecule has 1 heterocycles. The average Bonchev–Trinajstić information content (AvgIpc) is 2.74. The van der Waals surface area contributed by atoms with Gasteiger partial charge >= 0.3 is 6.18 Å². The van der Waals surface area contributed by atoms with Crippen LogP contribution in [0.25, 0.3) is 0 Å². The Labute approximate surface area is 110 Å². The van der Waals surface area contributed by atoms with Crippen LogP contribution in [0.4, 0.5) is 13.2 Å². The maximum absolute atomic E-state index is 11.9. The summed E-state index contributed by atoms with van der Waals surface area (Å²) >= 11 is 0. The summed E-state index contributed by atoms with van der Waals surface area (Å²) in [7, 11) is 0. The van der Waals surface area contributed by atoms with Gasteiger partial charge in [-0.15, -0.1) is 12.4 Å². The molecule has 18 heavy (non-hydrogen) atoms. The molecule has 108 valence electrons. The van der Waals surface area contributed by atoms with Gasteiger partial charge in [0.05, 0.1) is 6.54 Å². The van der Waals surface area contributed by atoms with Gasteiger partial charge in [-0.1, -0.05) is 0 Å². The minimum atomic E-state index is -4.68. The Hall–Kier alpha value is -0.530. The van der Waals surface area contributed by atoms with Crippen LogP contribution in [0, 0.1) is 5.92 Å². The number of aliphatic hydroxyl groups excluding tert-OH is 1. The van der Waals surface area contributed by atoms with Crippen LogP contribution in [0.1, 0.15) is 19.3 Å². The van der Waals surface area contributed by atoms with Gasteiger partial charge in [0.25, 0.3) is 0 Å². The molecule has 1 amide bonds. The van der Waals surface area contributed by atoms with E-state index in [-0.39, 0.29) is 18.8 Å². The maximum Gasteiger partial charge on any atom is 0.416 e. The molecule has 1 fully saturated rings. The average molecular weight is 291 g/mol. The van der Waals surface area contributed by atoms with Crippen molar-refractivity contribution < 1.29 is 23.1 Å². The number of hydrogen-bond donors (Lipinski definition) is 3. The summed E-state index contributed by atoms with van der Waals surface area (Å²) in [6.07, 6.45) is -5.29. The topological polar surface area (TPSA) is 61.4 Å². The summed E-state index contributed by atoms with van der Waals surface area (Å²) in [4.78, 5) is 11.2. The zero-order valence-electron chi connectivity index (χ0n) is 9.79. The van der Waals surface area contributed by atoms with Gasteiger partial charge in [0.1, 0.15) is 0 Å². The molecule has 1 aliphatic rings. The Morgan fingerprint density at radius 3 is 2.67 bits per heavy atom. The molecule has 8 heteroatoms. The fraction of sp³-hybridized carbons (Fsp3) is 0.900. The molecule has 0 radical (unpaired) electrons. The van der Waals surface area contributed by atoms with Crippen molar-refractivity contribution in [2.24, 2.45) is 5.92 Å². The molecule has 0 saturated carbocycles. The molecule has 2 atom stereocenters. The largest absolute Gasteiger partial charge is 0.416 e. The first kappa shape index (κ1) is 17.5. The highest BCUT2D eigenvalue weighted by Crippen LogP contribution is 2.19. The van der Waals surface area contributed by atoms with Crippen LogP contribution in [-0.2, 0) is 4.79 Å². The first-order valence-corrected chi connectivity index (χ1v) is 5.62. The number of hydrogen-bond acceptors (Lipinski definition) is 3. The maximum atomic E-state index is 11.9. The van der Waals surface area contributed by atoms with Gasteiger partial charge < -0.3 is 15.7 Å². The van der Waals surface area contributed by atoms with E-state index in [1.165, 1.54) is 0 Å². The van der Waals surface area contributed by atoms with E-state index < -0.39 is 24.7 Å². The molecule has 1 rings (SSSR count). The minimum absolute atomic E-state index is 0. The zero-order valence-corrected chi connectivity index (χ0v) is 10.6. The lowest BCUT2D eigenvalue weighted by Crippen LogP contribution is -2.40. The molecule has 0 bridgehead atoms. The molecular formula is C10H18ClF3N2O2. The van der Waals surface area contributed by atoms with Crippen molar-refractivity contribution in [2.75, 3.05) is 19.6 Å². The number of halogens is 4. The van der Waals surface area contributed by atoms with E-state index in [0.29, 0.717) is 12.3 Å². The van der Waals surface area contributed by atoms with Crippen LogP contribution >= 0.6 is 12.4 Å². The summed E-state index contributed by atoms with van der Waals surface area (Å²) in [6, 6.07) is 0. The summed E-state index contributed by atoms with van der Waals surface area (Å²) in [5, 5.41) is 13.9. The first-order valence-electron chi connectivity index (χ1n) is 5.62. The number of carbonyl (C=O) groups is 1. The summed E-state index contributed by atoms with van der Waals surface area (Å²) in [6.45, 7) is 1.02. The number of alkyl halides is 3. The lowest BCUT2D eigenvalue weighted by Gasteiger charge is -2.15. The standard InChI is InChI=1S/C10H17F3N2O2.ClH/c11-10(12,13)8(16)6-15-9(17)2-1-7-3-4-14-5-7;/h7-8,14,16H,1-6H2,(H,15,17);1H.